The molecular weight excluding hydrogens is 228 g/mol. The first kappa shape index (κ1) is 12.3. The topological polar surface area (TPSA) is 64.2 Å². The molecule has 0 atom stereocenters. The number of rotatable bonds is 3. The van der Waals surface area contributed by atoms with Crippen LogP contribution in [0.15, 0.2) is 36.5 Å². The Morgan fingerprint density at radius 3 is 2.72 bits per heavy atom. The summed E-state index contributed by atoms with van der Waals surface area (Å²) in [5.41, 5.74) is 7.85. The lowest BCUT2D eigenvalue weighted by atomic mass is 10.1. The van der Waals surface area contributed by atoms with Crippen LogP contribution >= 0.6 is 0 Å². The number of aromatic nitrogens is 2. The molecule has 0 bridgehead atoms. The van der Waals surface area contributed by atoms with Crippen LogP contribution in [0.3, 0.4) is 0 Å². The van der Waals surface area contributed by atoms with Gasteiger partial charge in [-0.3, -0.25) is 9.48 Å². The highest BCUT2D eigenvalue weighted by atomic mass is 16.2. The van der Waals surface area contributed by atoms with Crippen LogP contribution in [0, 0.1) is 0 Å². The molecule has 0 saturated heterocycles. The first-order valence-corrected chi connectivity index (χ1v) is 5.69. The molecular formula is C13H16N4O. The van der Waals surface area contributed by atoms with Crippen LogP contribution in [-0.4, -0.2) is 22.7 Å². The molecule has 94 valence electrons. The van der Waals surface area contributed by atoms with Crippen molar-refractivity contribution in [2.24, 2.45) is 12.8 Å². The average molecular weight is 244 g/mol. The maximum Gasteiger partial charge on any atom is 0.278 e. The van der Waals surface area contributed by atoms with Gasteiger partial charge in [0.1, 0.15) is 0 Å². The van der Waals surface area contributed by atoms with Gasteiger partial charge in [-0.2, -0.15) is 5.10 Å². The van der Waals surface area contributed by atoms with E-state index in [1.165, 1.54) is 0 Å². The van der Waals surface area contributed by atoms with Gasteiger partial charge in [-0.15, -0.1) is 0 Å². The summed E-state index contributed by atoms with van der Waals surface area (Å²) < 4.78 is 1.61. The lowest BCUT2D eigenvalue weighted by Crippen LogP contribution is -2.28. The zero-order valence-electron chi connectivity index (χ0n) is 10.5. The third-order valence-corrected chi connectivity index (χ3v) is 2.81. The Balaban J connectivity index is 2.31. The molecule has 0 aliphatic carbocycles. The van der Waals surface area contributed by atoms with E-state index in [9.17, 15) is 4.79 Å². The van der Waals surface area contributed by atoms with Gasteiger partial charge in [-0.25, -0.2) is 0 Å². The van der Waals surface area contributed by atoms with Gasteiger partial charge in [0.05, 0.1) is 0 Å². The van der Waals surface area contributed by atoms with E-state index in [-0.39, 0.29) is 5.91 Å². The van der Waals surface area contributed by atoms with E-state index in [4.69, 9.17) is 5.73 Å². The summed E-state index contributed by atoms with van der Waals surface area (Å²) in [6.45, 7) is 0.399. The number of para-hydroxylation sites is 1. The highest BCUT2D eigenvalue weighted by Crippen LogP contribution is 2.20. The fraction of sp³-hybridized carbons (Fsp3) is 0.231. The van der Waals surface area contributed by atoms with Crippen molar-refractivity contribution in [3.05, 3.63) is 47.8 Å². The Morgan fingerprint density at radius 2 is 2.11 bits per heavy atom. The van der Waals surface area contributed by atoms with E-state index in [1.807, 2.05) is 24.3 Å². The number of hydrogen-bond donors (Lipinski definition) is 1. The van der Waals surface area contributed by atoms with Crippen molar-refractivity contribution in [1.82, 2.24) is 9.78 Å². The monoisotopic (exact) mass is 244 g/mol. The Hall–Kier alpha value is -2.14. The fourth-order valence-corrected chi connectivity index (χ4v) is 1.82. The molecule has 0 aliphatic rings. The largest absolute Gasteiger partial charge is 0.326 e. The number of nitrogens with two attached hydrogens (primary N) is 1. The molecule has 0 radical (unpaired) electrons. The van der Waals surface area contributed by atoms with Crippen LogP contribution < -0.4 is 10.6 Å². The van der Waals surface area contributed by atoms with Crippen molar-refractivity contribution in [2.75, 3.05) is 11.9 Å². The first-order chi connectivity index (χ1) is 8.63. The minimum Gasteiger partial charge on any atom is -0.326 e. The zero-order valence-corrected chi connectivity index (χ0v) is 10.5. The van der Waals surface area contributed by atoms with Gasteiger partial charge in [-0.05, 0) is 17.7 Å². The number of nitrogens with zero attached hydrogens (tertiary/aromatic N) is 3. The maximum atomic E-state index is 12.2. The standard InChI is InChI=1S/C13H16N4O/c1-16-8-7-11(15-16)13(18)17(2)12-6-4-3-5-10(12)9-14/h3-8H,9,14H2,1-2H3. The first-order valence-electron chi connectivity index (χ1n) is 5.69. The van der Waals surface area contributed by atoms with Crippen LogP contribution in [0.5, 0.6) is 0 Å². The van der Waals surface area contributed by atoms with Gasteiger partial charge in [-0.1, -0.05) is 18.2 Å². The molecule has 2 N–H and O–H groups in total. The summed E-state index contributed by atoms with van der Waals surface area (Å²) in [7, 11) is 3.51. The molecule has 0 saturated carbocycles. The van der Waals surface area contributed by atoms with Crippen LogP contribution in [-0.2, 0) is 13.6 Å². The Bertz CT molecular complexity index is 562. The molecule has 1 amide bonds. The second-order valence-corrected chi connectivity index (χ2v) is 4.07. The normalized spacial score (nSPS) is 10.4. The SMILES string of the molecule is CN(C(=O)c1ccn(C)n1)c1ccccc1CN. The third-order valence-electron chi connectivity index (χ3n) is 2.81. The van der Waals surface area contributed by atoms with Crippen molar-refractivity contribution in [3.63, 3.8) is 0 Å². The number of anilines is 1. The van der Waals surface area contributed by atoms with E-state index in [1.54, 1.807) is 35.9 Å². The average Bonchev–Trinajstić information content (AvgIpc) is 2.83. The number of benzene rings is 1. The van der Waals surface area contributed by atoms with Crippen LogP contribution in [0.2, 0.25) is 0 Å². The highest BCUT2D eigenvalue weighted by Gasteiger charge is 2.17. The van der Waals surface area contributed by atoms with Gasteiger partial charge in [0.25, 0.3) is 5.91 Å². The third kappa shape index (κ3) is 2.26. The molecule has 2 rings (SSSR count). The van der Waals surface area contributed by atoms with Crippen LogP contribution in [0.25, 0.3) is 0 Å². The lowest BCUT2D eigenvalue weighted by Gasteiger charge is -2.19. The molecule has 0 unspecified atom stereocenters. The summed E-state index contributed by atoms with van der Waals surface area (Å²) in [6.07, 6.45) is 1.75. The number of carbonyl (C=O) groups is 1. The fourth-order valence-electron chi connectivity index (χ4n) is 1.82. The van der Waals surface area contributed by atoms with Crippen LogP contribution in [0.4, 0.5) is 5.69 Å². The second-order valence-electron chi connectivity index (χ2n) is 4.07. The van der Waals surface area contributed by atoms with E-state index in [0.29, 0.717) is 12.2 Å². The Morgan fingerprint density at radius 1 is 1.39 bits per heavy atom. The smallest absolute Gasteiger partial charge is 0.278 e. The Labute approximate surface area is 106 Å². The second kappa shape index (κ2) is 5.01. The predicted octanol–water partition coefficient (Wildman–Crippen LogP) is 1.16. The summed E-state index contributed by atoms with van der Waals surface area (Å²) in [4.78, 5) is 13.8. The van der Waals surface area contributed by atoms with E-state index < -0.39 is 0 Å². The molecule has 0 spiro atoms. The highest BCUT2D eigenvalue weighted by molar-refractivity contribution is 6.04. The zero-order chi connectivity index (χ0) is 13.1. The van der Waals surface area contributed by atoms with Crippen molar-refractivity contribution < 1.29 is 4.79 Å². The molecule has 1 aromatic carbocycles. The Kier molecular flexibility index (Phi) is 3.43. The maximum absolute atomic E-state index is 12.2. The predicted molar refractivity (Wildman–Crippen MR) is 70.3 cm³/mol. The summed E-state index contributed by atoms with van der Waals surface area (Å²) in [6, 6.07) is 9.28. The lowest BCUT2D eigenvalue weighted by molar-refractivity contribution is 0.0987. The number of aryl methyl sites for hydroxylation is 1. The molecule has 0 aliphatic heterocycles. The number of hydrogen-bond acceptors (Lipinski definition) is 3. The van der Waals surface area contributed by atoms with E-state index in [2.05, 4.69) is 5.10 Å². The van der Waals surface area contributed by atoms with Gasteiger partial charge >= 0.3 is 0 Å². The molecule has 5 nitrogen and oxygen atoms in total. The molecule has 1 aromatic heterocycles. The molecule has 1 heterocycles. The minimum absolute atomic E-state index is 0.142. The summed E-state index contributed by atoms with van der Waals surface area (Å²) >= 11 is 0. The van der Waals surface area contributed by atoms with Gasteiger partial charge in [0, 0.05) is 32.5 Å². The molecule has 2 aromatic rings. The molecule has 5 heteroatoms. The van der Waals surface area contributed by atoms with Crippen molar-refractivity contribution in [2.45, 2.75) is 6.54 Å². The molecule has 0 fully saturated rings. The van der Waals surface area contributed by atoms with Crippen molar-refractivity contribution in [1.29, 1.82) is 0 Å². The quantitative estimate of drug-likeness (QED) is 0.881. The summed E-state index contributed by atoms with van der Waals surface area (Å²) in [5.74, 6) is -0.142. The van der Waals surface area contributed by atoms with E-state index in [0.717, 1.165) is 11.3 Å². The van der Waals surface area contributed by atoms with Crippen molar-refractivity contribution in [3.8, 4) is 0 Å². The summed E-state index contributed by atoms with van der Waals surface area (Å²) in [5, 5.41) is 4.11. The van der Waals surface area contributed by atoms with Crippen molar-refractivity contribution >= 4 is 11.6 Å². The van der Waals surface area contributed by atoms with E-state index >= 15 is 0 Å². The minimum atomic E-state index is -0.142. The van der Waals surface area contributed by atoms with Crippen LogP contribution in [0.1, 0.15) is 16.1 Å². The van der Waals surface area contributed by atoms with Gasteiger partial charge < -0.3 is 10.6 Å². The molecule has 18 heavy (non-hydrogen) atoms. The number of carbonyl (C=O) groups excluding carboxylic acids is 1. The van der Waals surface area contributed by atoms with Gasteiger partial charge in [0.15, 0.2) is 5.69 Å². The number of amides is 1. The van der Waals surface area contributed by atoms with Gasteiger partial charge in [0.2, 0.25) is 0 Å².